The van der Waals surface area contributed by atoms with Crippen LogP contribution in [-0.4, -0.2) is 149 Å². The lowest BCUT2D eigenvalue weighted by Crippen LogP contribution is -2.79. The van der Waals surface area contributed by atoms with Gasteiger partial charge in [-0.05, 0) is 80.0 Å². The Bertz CT molecular complexity index is 2370. The summed E-state index contributed by atoms with van der Waals surface area (Å²) in [6.07, 6.45) is 11.5. The molecule has 1 aromatic heterocycles. The monoisotopic (exact) mass is 886 g/mol. The number of aliphatic hydroxyl groups is 2. The van der Waals surface area contributed by atoms with E-state index in [4.69, 9.17) is 18.9 Å². The van der Waals surface area contributed by atoms with Crippen LogP contribution in [0.3, 0.4) is 0 Å². The van der Waals surface area contributed by atoms with E-state index in [9.17, 15) is 24.0 Å². The molecule has 340 valence electrons. The Labute approximate surface area is 371 Å². The van der Waals surface area contributed by atoms with Crippen LogP contribution in [0.2, 0.25) is 0 Å². The molecule has 2 bridgehead atoms. The van der Waals surface area contributed by atoms with Gasteiger partial charge in [0.1, 0.15) is 5.41 Å². The van der Waals surface area contributed by atoms with Crippen molar-refractivity contribution in [2.24, 2.45) is 22.7 Å². The number of nitrogens with zero attached hydrogens (tertiary/aromatic N) is 3. The number of aliphatic hydroxyl groups excluding tert-OH is 1. The molecule has 1 saturated carbocycles. The minimum Gasteiger partial charge on any atom is -0.468 e. The lowest BCUT2D eigenvalue weighted by atomic mass is 9.47. The van der Waals surface area contributed by atoms with Crippen molar-refractivity contribution in [1.82, 2.24) is 19.7 Å². The maximum atomic E-state index is 15.4. The highest BCUT2D eigenvalue weighted by atomic mass is 32.2. The zero-order valence-electron chi connectivity index (χ0n) is 37.5. The molecule has 63 heavy (non-hydrogen) atoms. The van der Waals surface area contributed by atoms with Crippen LogP contribution >= 0.6 is 0 Å². The largest absolute Gasteiger partial charge is 0.468 e. The summed E-state index contributed by atoms with van der Waals surface area (Å²) in [6.45, 7) is 8.80. The van der Waals surface area contributed by atoms with E-state index in [1.165, 1.54) is 26.7 Å². The molecule has 5 aliphatic heterocycles. The first kappa shape index (κ1) is 44.1. The number of esters is 3. The van der Waals surface area contributed by atoms with Gasteiger partial charge in [-0.15, -0.1) is 0 Å². The fourth-order valence-electron chi connectivity index (χ4n) is 13.8. The first-order chi connectivity index (χ1) is 30.2. The first-order valence-corrected chi connectivity index (χ1v) is 23.8. The zero-order chi connectivity index (χ0) is 44.8. The Balaban J connectivity index is 1.32. The summed E-state index contributed by atoms with van der Waals surface area (Å²) in [5.41, 5.74) is -0.0621. The number of fused-ring (bicyclic) bond motifs is 6. The van der Waals surface area contributed by atoms with Gasteiger partial charge in [-0.2, -0.15) is 0 Å². The van der Waals surface area contributed by atoms with Crippen molar-refractivity contribution in [2.75, 3.05) is 66.9 Å². The predicted octanol–water partition coefficient (Wildman–Crippen LogP) is 3.89. The van der Waals surface area contributed by atoms with Gasteiger partial charge >= 0.3 is 17.9 Å². The topological polar surface area (TPSA) is 171 Å². The molecule has 3 N–H and O–H groups in total. The number of rotatable bonds is 11. The number of carbonyl (C=O) groups excluding carboxylic acids is 3. The number of likely N-dealkylation sites (tertiary alicyclic amines) is 1. The van der Waals surface area contributed by atoms with E-state index < -0.39 is 74.7 Å². The van der Waals surface area contributed by atoms with Gasteiger partial charge in [0.2, 0.25) is 5.60 Å². The second-order valence-corrected chi connectivity index (χ2v) is 20.4. The number of benzene rings is 1. The molecule has 4 unspecified atom stereocenters. The fourth-order valence-corrected chi connectivity index (χ4v) is 14.9. The molecule has 14 nitrogen and oxygen atoms in total. The number of hydrogen-bond acceptors (Lipinski definition) is 13. The molecule has 0 amide bonds. The van der Waals surface area contributed by atoms with E-state index in [2.05, 4.69) is 52.1 Å². The van der Waals surface area contributed by atoms with Gasteiger partial charge < -0.3 is 39.0 Å². The molecule has 0 radical (unpaired) electrons. The van der Waals surface area contributed by atoms with Gasteiger partial charge in [0.15, 0.2) is 6.10 Å². The maximum absolute atomic E-state index is 15.4. The van der Waals surface area contributed by atoms with Crippen molar-refractivity contribution >= 4 is 39.6 Å². The molecule has 15 heteroatoms. The summed E-state index contributed by atoms with van der Waals surface area (Å²) in [5.74, 6) is -2.22. The number of aromatic amines is 1. The summed E-state index contributed by atoms with van der Waals surface area (Å²) >= 11 is 0. The fraction of sp³-hybridized carbons (Fsp3) is 0.604. The number of allylic oxidation sites excluding steroid dienone is 1. The van der Waals surface area contributed by atoms with Crippen molar-refractivity contribution in [1.29, 1.82) is 0 Å². The highest BCUT2D eigenvalue weighted by Crippen LogP contribution is 2.70. The molecular weight excluding hydrogens is 825 g/mol. The third-order valence-corrected chi connectivity index (χ3v) is 17.4. The highest BCUT2D eigenvalue weighted by Gasteiger charge is 2.81. The normalized spacial score (nSPS) is 37.0. The minimum atomic E-state index is -2.30. The third kappa shape index (κ3) is 6.12. The number of H-pyrrole nitrogens is 1. The average molecular weight is 887 g/mol. The zero-order valence-corrected chi connectivity index (χ0v) is 38.3. The average Bonchev–Trinajstić information content (AvgIpc) is 3.93. The molecule has 2 aliphatic carbocycles. The summed E-state index contributed by atoms with van der Waals surface area (Å²) in [7, 11) is 4.88. The van der Waals surface area contributed by atoms with E-state index in [1.54, 1.807) is 7.11 Å². The van der Waals surface area contributed by atoms with Crippen LogP contribution in [0, 0.1) is 22.7 Å². The van der Waals surface area contributed by atoms with Crippen LogP contribution in [0.25, 0.3) is 10.9 Å². The Morgan fingerprint density at radius 3 is 2.49 bits per heavy atom. The lowest BCUT2D eigenvalue weighted by molar-refractivity contribution is -0.243. The van der Waals surface area contributed by atoms with Crippen LogP contribution in [0.1, 0.15) is 64.1 Å². The predicted molar refractivity (Wildman–Crippen MR) is 236 cm³/mol. The van der Waals surface area contributed by atoms with Crippen LogP contribution in [0.5, 0.6) is 0 Å². The molecule has 6 heterocycles. The number of nitrogens with one attached hydrogen (secondary N) is 1. The van der Waals surface area contributed by atoms with Crippen LogP contribution in [-0.2, 0) is 56.1 Å². The molecule has 12 atom stereocenters. The van der Waals surface area contributed by atoms with E-state index >= 15 is 4.79 Å². The highest BCUT2D eigenvalue weighted by molar-refractivity contribution is 7.85. The minimum absolute atomic E-state index is 0.0193. The number of likely N-dealkylation sites (N-methyl/N-ethyl adjacent to an activating group) is 1. The van der Waals surface area contributed by atoms with E-state index in [0.717, 1.165) is 52.9 Å². The van der Waals surface area contributed by atoms with Crippen molar-refractivity contribution in [3.05, 3.63) is 76.7 Å². The summed E-state index contributed by atoms with van der Waals surface area (Å²) in [6, 6.07) is 4.55. The lowest BCUT2D eigenvalue weighted by Gasteiger charge is -2.63. The van der Waals surface area contributed by atoms with Crippen molar-refractivity contribution in [2.45, 2.75) is 99.6 Å². The quantitative estimate of drug-likeness (QED) is 0.169. The number of aromatic nitrogens is 1. The molecule has 9 rings (SSSR count). The van der Waals surface area contributed by atoms with Gasteiger partial charge in [0.05, 0.1) is 37.2 Å². The van der Waals surface area contributed by atoms with E-state index in [-0.39, 0.29) is 18.6 Å². The standard InChI is InChI=1S/C48H62N4O10S/c1-8-29-20-30-24-47(43(55)60-6,39-33(27-51(25-29)26-30)32-21-31(12-13-36(32)49-39)63(58)19-11-18-53)35-22-34-37(23-38(35)59-5)50(4)41-46(34)15-17-52-16-10-14-45(9-2,40(46)52)42(62-28(3)54)48(41,57)44(56)61-7/h10,12-14,20-23,30,35,38,40-42,49,53,57H,8-9,11,15-19,24-27H2,1-7H3/t30-,35?,38?,40+,41-,42-,45-,46-,47+,48+,63?/m1/s1. The third-order valence-electron chi connectivity index (χ3n) is 16.0. The van der Waals surface area contributed by atoms with Gasteiger partial charge in [-0.3, -0.25) is 23.6 Å². The van der Waals surface area contributed by atoms with Crippen molar-refractivity contribution in [3.63, 3.8) is 0 Å². The van der Waals surface area contributed by atoms with Gasteiger partial charge in [-0.1, -0.05) is 43.7 Å². The summed E-state index contributed by atoms with van der Waals surface area (Å²) < 4.78 is 37.7. The van der Waals surface area contributed by atoms with Gasteiger partial charge in [-0.25, -0.2) is 4.79 Å². The van der Waals surface area contributed by atoms with Crippen LogP contribution in [0.15, 0.2) is 70.3 Å². The van der Waals surface area contributed by atoms with Crippen molar-refractivity contribution < 1.29 is 47.8 Å². The van der Waals surface area contributed by atoms with Crippen LogP contribution < -0.4 is 0 Å². The summed E-state index contributed by atoms with van der Waals surface area (Å²) in [4.78, 5) is 54.2. The van der Waals surface area contributed by atoms with E-state index in [1.807, 2.05) is 37.1 Å². The number of hydrogen-bond donors (Lipinski definition) is 3. The number of ether oxygens (including phenoxy) is 4. The number of carbonyl (C=O) groups is 3. The van der Waals surface area contributed by atoms with Gasteiger partial charge in [0, 0.05) is 110 Å². The molecule has 7 aliphatic rings. The van der Waals surface area contributed by atoms with Crippen LogP contribution in [0.4, 0.5) is 0 Å². The Kier molecular flexibility index (Phi) is 11.3. The summed E-state index contributed by atoms with van der Waals surface area (Å²) in [5, 5.41) is 23.8. The molecule has 2 saturated heterocycles. The maximum Gasteiger partial charge on any atom is 0.344 e. The van der Waals surface area contributed by atoms with Gasteiger partial charge in [0.25, 0.3) is 0 Å². The molecule has 1 spiro atoms. The first-order valence-electron chi connectivity index (χ1n) is 22.5. The molecule has 3 fully saturated rings. The van der Waals surface area contributed by atoms with E-state index in [0.29, 0.717) is 56.0 Å². The Morgan fingerprint density at radius 2 is 1.81 bits per heavy atom. The second-order valence-electron chi connectivity index (χ2n) is 18.8. The molecular formula is C48H62N4O10S. The Morgan fingerprint density at radius 1 is 1.03 bits per heavy atom. The number of methoxy groups -OCH3 is 3. The molecule has 1 aromatic carbocycles. The SMILES string of the molecule is CCC1=C[C@H]2CN(C1)Cc1c([nH]c3ccc(S(=O)CCCO)cc13)[C@@](C(=O)OC)(C1C=C3C(=CC1OC)N(C)[C@H]1[C@@](O)(C(=O)OC)[C@H](OC(C)=O)[C@]4(CC)C=CCN5CC[C@]31[C@@H]54)C2. The Hall–Kier alpha value is -4.12. The smallest absolute Gasteiger partial charge is 0.344 e. The molecule has 2 aromatic rings. The second kappa shape index (κ2) is 16.1. The van der Waals surface area contributed by atoms with Crippen molar-refractivity contribution in [3.8, 4) is 0 Å².